The van der Waals surface area contributed by atoms with E-state index in [-0.39, 0.29) is 16.8 Å². The number of rotatable bonds is 6. The Hall–Kier alpha value is -1.44. The highest BCUT2D eigenvalue weighted by Gasteiger charge is 2.28. The van der Waals surface area contributed by atoms with Crippen LogP contribution in [0.2, 0.25) is 0 Å². The van der Waals surface area contributed by atoms with Crippen molar-refractivity contribution in [1.29, 1.82) is 0 Å². The van der Waals surface area contributed by atoms with Gasteiger partial charge in [0.15, 0.2) is 0 Å². The molecule has 2 atom stereocenters. The maximum atomic E-state index is 12.8. The largest absolute Gasteiger partial charge is 0.348 e. The minimum absolute atomic E-state index is 0.0477. The van der Waals surface area contributed by atoms with Crippen LogP contribution >= 0.6 is 0 Å². The molecule has 2 aliphatic heterocycles. The van der Waals surface area contributed by atoms with Gasteiger partial charge < -0.3 is 10.2 Å². The lowest BCUT2D eigenvalue weighted by atomic mass is 10.00. The molecule has 0 saturated carbocycles. The van der Waals surface area contributed by atoms with Gasteiger partial charge in [-0.1, -0.05) is 13.8 Å². The summed E-state index contributed by atoms with van der Waals surface area (Å²) in [6.07, 6.45) is 4.29. The van der Waals surface area contributed by atoms with Gasteiger partial charge in [0, 0.05) is 37.8 Å². The molecule has 1 aromatic carbocycles. The van der Waals surface area contributed by atoms with Crippen LogP contribution in [0.5, 0.6) is 0 Å². The van der Waals surface area contributed by atoms with Crippen LogP contribution in [-0.4, -0.2) is 62.3 Å². The quantitative estimate of drug-likeness (QED) is 0.767. The Labute approximate surface area is 175 Å². The number of nitrogens with one attached hydrogen (secondary N) is 1. The maximum Gasteiger partial charge on any atom is 0.251 e. The SMILES string of the molecule is CC1CCN(S(=O)(=O)c2ccc(C(=O)NC(C)CN3CCCC(C)C3)cc2)CC1. The maximum absolute atomic E-state index is 12.8. The van der Waals surface area contributed by atoms with Gasteiger partial charge in [-0.15, -0.1) is 0 Å². The van der Waals surface area contributed by atoms with Crippen molar-refractivity contribution in [3.8, 4) is 0 Å². The van der Waals surface area contributed by atoms with E-state index in [4.69, 9.17) is 0 Å². The molecule has 1 aromatic rings. The molecule has 3 rings (SSSR count). The number of amides is 1. The van der Waals surface area contributed by atoms with Crippen LogP contribution in [0.15, 0.2) is 29.2 Å². The first kappa shape index (κ1) is 22.2. The predicted octanol–water partition coefficient (Wildman–Crippen LogP) is 2.96. The summed E-state index contributed by atoms with van der Waals surface area (Å²) in [7, 11) is -3.48. The molecule has 0 aliphatic carbocycles. The molecule has 0 bridgehead atoms. The van der Waals surface area contributed by atoms with Gasteiger partial charge in [-0.05, 0) is 75.3 Å². The minimum atomic E-state index is -3.48. The normalized spacial score (nSPS) is 23.6. The van der Waals surface area contributed by atoms with Crippen molar-refractivity contribution in [3.63, 3.8) is 0 Å². The highest BCUT2D eigenvalue weighted by molar-refractivity contribution is 7.89. The van der Waals surface area contributed by atoms with Gasteiger partial charge in [0.2, 0.25) is 10.0 Å². The predicted molar refractivity (Wildman–Crippen MR) is 115 cm³/mol. The molecule has 2 saturated heterocycles. The van der Waals surface area contributed by atoms with E-state index in [0.717, 1.165) is 32.5 Å². The molecular weight excluding hydrogens is 386 g/mol. The van der Waals surface area contributed by atoms with E-state index in [9.17, 15) is 13.2 Å². The van der Waals surface area contributed by atoms with E-state index in [1.807, 2.05) is 6.92 Å². The summed E-state index contributed by atoms with van der Waals surface area (Å²) in [6.45, 7) is 10.6. The van der Waals surface area contributed by atoms with Gasteiger partial charge in [-0.3, -0.25) is 4.79 Å². The van der Waals surface area contributed by atoms with Gasteiger partial charge in [-0.25, -0.2) is 8.42 Å². The number of likely N-dealkylation sites (tertiary alicyclic amines) is 1. The monoisotopic (exact) mass is 421 g/mol. The van der Waals surface area contributed by atoms with Gasteiger partial charge in [0.1, 0.15) is 0 Å². The van der Waals surface area contributed by atoms with Gasteiger partial charge in [0.25, 0.3) is 5.91 Å². The van der Waals surface area contributed by atoms with Crippen LogP contribution in [0, 0.1) is 11.8 Å². The summed E-state index contributed by atoms with van der Waals surface area (Å²) in [5.41, 5.74) is 0.495. The first-order valence-electron chi connectivity index (χ1n) is 10.9. The molecule has 7 heteroatoms. The lowest BCUT2D eigenvalue weighted by Gasteiger charge is -2.32. The van der Waals surface area contributed by atoms with Crippen molar-refractivity contribution in [1.82, 2.24) is 14.5 Å². The molecule has 2 heterocycles. The lowest BCUT2D eigenvalue weighted by molar-refractivity contribution is 0.0920. The first-order valence-corrected chi connectivity index (χ1v) is 12.3. The Bertz CT molecular complexity index is 786. The molecule has 0 radical (unpaired) electrons. The second kappa shape index (κ2) is 9.58. The average Bonchev–Trinajstić information content (AvgIpc) is 2.68. The molecule has 2 aliphatic rings. The summed E-state index contributed by atoms with van der Waals surface area (Å²) < 4.78 is 27.2. The Morgan fingerprint density at radius 1 is 1.07 bits per heavy atom. The number of carbonyl (C=O) groups excluding carboxylic acids is 1. The smallest absolute Gasteiger partial charge is 0.251 e. The Balaban J connectivity index is 1.57. The summed E-state index contributed by atoms with van der Waals surface area (Å²) >= 11 is 0. The van der Waals surface area contributed by atoms with E-state index >= 15 is 0 Å². The molecule has 2 fully saturated rings. The first-order chi connectivity index (χ1) is 13.8. The lowest BCUT2D eigenvalue weighted by Crippen LogP contribution is -2.45. The highest BCUT2D eigenvalue weighted by atomic mass is 32.2. The number of benzene rings is 1. The molecular formula is C22H35N3O3S. The van der Waals surface area contributed by atoms with Crippen molar-refractivity contribution < 1.29 is 13.2 Å². The number of hydrogen-bond donors (Lipinski definition) is 1. The molecule has 0 aromatic heterocycles. The Morgan fingerprint density at radius 3 is 2.34 bits per heavy atom. The molecule has 162 valence electrons. The second-order valence-electron chi connectivity index (χ2n) is 8.99. The standard InChI is InChI=1S/C22H35N3O3S/c1-17-10-13-25(14-11-17)29(27,28)21-8-6-20(7-9-21)22(26)23-19(3)16-24-12-4-5-18(2)15-24/h6-9,17-19H,4-5,10-16H2,1-3H3,(H,23,26). The fourth-order valence-electron chi connectivity index (χ4n) is 4.35. The van der Waals surface area contributed by atoms with E-state index in [0.29, 0.717) is 30.5 Å². The van der Waals surface area contributed by atoms with Gasteiger partial charge in [-0.2, -0.15) is 4.31 Å². The Kier molecular flexibility index (Phi) is 7.35. The average molecular weight is 422 g/mol. The van der Waals surface area contributed by atoms with E-state index in [1.165, 1.54) is 12.8 Å². The molecule has 6 nitrogen and oxygen atoms in total. The number of nitrogens with zero attached hydrogens (tertiary/aromatic N) is 2. The van der Waals surface area contributed by atoms with Crippen molar-refractivity contribution in [2.24, 2.45) is 11.8 Å². The third-order valence-corrected chi connectivity index (χ3v) is 8.06. The van der Waals surface area contributed by atoms with Crippen molar-refractivity contribution in [2.75, 3.05) is 32.7 Å². The third-order valence-electron chi connectivity index (χ3n) is 6.15. The summed E-state index contributed by atoms with van der Waals surface area (Å²) in [5.74, 6) is 1.13. The van der Waals surface area contributed by atoms with E-state index in [2.05, 4.69) is 24.1 Å². The van der Waals surface area contributed by atoms with Crippen LogP contribution in [0.25, 0.3) is 0 Å². The van der Waals surface area contributed by atoms with Crippen molar-refractivity contribution >= 4 is 15.9 Å². The van der Waals surface area contributed by atoms with Gasteiger partial charge in [0.05, 0.1) is 4.90 Å². The summed E-state index contributed by atoms with van der Waals surface area (Å²) in [5, 5.41) is 3.04. The zero-order valence-corrected chi connectivity index (χ0v) is 18.7. The van der Waals surface area contributed by atoms with Crippen molar-refractivity contribution in [3.05, 3.63) is 29.8 Å². The number of piperidine rings is 2. The zero-order chi connectivity index (χ0) is 21.0. The molecule has 29 heavy (non-hydrogen) atoms. The molecule has 0 spiro atoms. The fraction of sp³-hybridized carbons (Fsp3) is 0.682. The van der Waals surface area contributed by atoms with Crippen LogP contribution in [0.1, 0.15) is 56.8 Å². The van der Waals surface area contributed by atoms with Gasteiger partial charge >= 0.3 is 0 Å². The number of hydrogen-bond acceptors (Lipinski definition) is 4. The molecule has 2 unspecified atom stereocenters. The topological polar surface area (TPSA) is 69.7 Å². The number of carbonyl (C=O) groups is 1. The summed E-state index contributed by atoms with van der Waals surface area (Å²) in [6, 6.07) is 6.39. The van der Waals surface area contributed by atoms with Crippen molar-refractivity contribution in [2.45, 2.75) is 57.4 Å². The highest BCUT2D eigenvalue weighted by Crippen LogP contribution is 2.23. The van der Waals surface area contributed by atoms with Crippen LogP contribution in [0.3, 0.4) is 0 Å². The summed E-state index contributed by atoms with van der Waals surface area (Å²) in [4.78, 5) is 15.2. The zero-order valence-electron chi connectivity index (χ0n) is 17.9. The molecule has 1 amide bonds. The van der Waals surface area contributed by atoms with E-state index in [1.54, 1.807) is 28.6 Å². The van der Waals surface area contributed by atoms with Crippen LogP contribution in [-0.2, 0) is 10.0 Å². The minimum Gasteiger partial charge on any atom is -0.348 e. The third kappa shape index (κ3) is 5.80. The molecule has 1 N–H and O–H groups in total. The second-order valence-corrected chi connectivity index (χ2v) is 10.9. The van der Waals surface area contributed by atoms with Crippen LogP contribution < -0.4 is 5.32 Å². The fourth-order valence-corrected chi connectivity index (χ4v) is 5.81. The van der Waals surface area contributed by atoms with Crippen LogP contribution in [0.4, 0.5) is 0 Å². The Morgan fingerprint density at radius 2 is 1.72 bits per heavy atom. The number of sulfonamides is 1. The van der Waals surface area contributed by atoms with E-state index < -0.39 is 10.0 Å².